The number of rotatable bonds is 0. The smallest absolute Gasteiger partial charge is 0.276 e. The molecule has 0 aromatic rings. The van der Waals surface area contributed by atoms with Crippen LogP contribution in [-0.2, 0) is 0 Å². The summed E-state index contributed by atoms with van der Waals surface area (Å²) >= 11 is 0. The van der Waals surface area contributed by atoms with Gasteiger partial charge in [0.05, 0.1) is 5.69 Å². The average molecular weight is 135 g/mol. The summed E-state index contributed by atoms with van der Waals surface area (Å²) in [5, 5.41) is 3.70. The lowest BCUT2D eigenvalue weighted by Crippen LogP contribution is -1.84. The molecule has 4 nitrogen and oxygen atoms in total. The lowest BCUT2D eigenvalue weighted by atomic mass is 10.3. The van der Waals surface area contributed by atoms with Crippen molar-refractivity contribution >= 4 is 0 Å². The molecule has 2 heterocycles. The van der Waals surface area contributed by atoms with E-state index in [1.165, 1.54) is 6.33 Å². The summed E-state index contributed by atoms with van der Waals surface area (Å²) < 4.78 is 4.86. The second kappa shape index (κ2) is 1.76. The highest BCUT2D eigenvalue weighted by Crippen LogP contribution is 2.14. The maximum absolute atomic E-state index is 4.86. The Labute approximate surface area is 57.2 Å². The molecule has 0 spiro atoms. The van der Waals surface area contributed by atoms with Gasteiger partial charge in [0, 0.05) is 0 Å². The van der Waals surface area contributed by atoms with Crippen molar-refractivity contribution in [2.24, 2.45) is 0 Å². The normalized spacial score (nSPS) is 10.5. The van der Waals surface area contributed by atoms with E-state index in [0.717, 1.165) is 11.4 Å². The van der Waals surface area contributed by atoms with Crippen LogP contribution in [0.4, 0.5) is 0 Å². The third kappa shape index (κ3) is 0.655. The van der Waals surface area contributed by atoms with E-state index < -0.39 is 0 Å². The van der Waals surface area contributed by atoms with E-state index in [4.69, 9.17) is 4.52 Å². The SMILES string of the molecule is Cc1cc2ncnc-2on1. The molecule has 50 valence electrons. The predicted molar refractivity (Wildman–Crippen MR) is 33.5 cm³/mol. The fourth-order valence-corrected chi connectivity index (χ4v) is 0.774. The van der Waals surface area contributed by atoms with Crippen molar-refractivity contribution < 1.29 is 4.52 Å². The van der Waals surface area contributed by atoms with Gasteiger partial charge in [0.15, 0.2) is 0 Å². The molecule has 0 atom stereocenters. The van der Waals surface area contributed by atoms with Crippen molar-refractivity contribution in [1.82, 2.24) is 15.1 Å². The Morgan fingerprint density at radius 2 is 2.30 bits per heavy atom. The Morgan fingerprint density at radius 1 is 1.40 bits per heavy atom. The van der Waals surface area contributed by atoms with Gasteiger partial charge in [0.25, 0.3) is 5.89 Å². The summed E-state index contributed by atoms with van der Waals surface area (Å²) in [4.78, 5) is 7.75. The Morgan fingerprint density at radius 3 is 3.20 bits per heavy atom. The highest BCUT2D eigenvalue weighted by molar-refractivity contribution is 5.46. The minimum Gasteiger partial charge on any atom is -0.334 e. The Balaban J connectivity index is 2.75. The number of nitrogens with zero attached hydrogens (tertiary/aromatic N) is 3. The Kier molecular flexibility index (Phi) is 0.943. The molecule has 0 radical (unpaired) electrons. The zero-order chi connectivity index (χ0) is 6.97. The van der Waals surface area contributed by atoms with Crippen LogP contribution in [0.1, 0.15) is 5.69 Å². The molecule has 0 saturated carbocycles. The van der Waals surface area contributed by atoms with Gasteiger partial charge in [0.2, 0.25) is 0 Å². The van der Waals surface area contributed by atoms with Gasteiger partial charge in [-0.2, -0.15) is 4.98 Å². The highest BCUT2D eigenvalue weighted by atomic mass is 16.5. The number of hydrogen-bond donors (Lipinski definition) is 0. The fourth-order valence-electron chi connectivity index (χ4n) is 0.774. The lowest BCUT2D eigenvalue weighted by Gasteiger charge is -1.91. The zero-order valence-electron chi connectivity index (χ0n) is 5.40. The molecule has 2 aliphatic rings. The van der Waals surface area contributed by atoms with Gasteiger partial charge in [-0.3, -0.25) is 0 Å². The summed E-state index contributed by atoms with van der Waals surface area (Å²) in [5.41, 5.74) is 1.57. The third-order valence-electron chi connectivity index (χ3n) is 1.21. The van der Waals surface area contributed by atoms with Crippen LogP contribution in [0.25, 0.3) is 11.6 Å². The van der Waals surface area contributed by atoms with Crippen molar-refractivity contribution in [3.05, 3.63) is 18.1 Å². The quantitative estimate of drug-likeness (QED) is 0.538. The molecule has 10 heavy (non-hydrogen) atoms. The number of fused-ring (bicyclic) bond motifs is 1. The molecule has 0 aromatic carbocycles. The maximum atomic E-state index is 4.86. The minimum absolute atomic E-state index is 0.491. The molecular formula is C6H5N3O. The summed E-state index contributed by atoms with van der Waals surface area (Å²) in [5.74, 6) is 0.491. The fraction of sp³-hybridized carbons (Fsp3) is 0.167. The molecule has 0 saturated heterocycles. The number of imidazole rings is 1. The van der Waals surface area contributed by atoms with Crippen LogP contribution in [0.3, 0.4) is 0 Å². The first-order valence-corrected chi connectivity index (χ1v) is 2.90. The van der Waals surface area contributed by atoms with Gasteiger partial charge in [-0.25, -0.2) is 4.98 Å². The van der Waals surface area contributed by atoms with Gasteiger partial charge in [-0.05, 0) is 13.0 Å². The van der Waals surface area contributed by atoms with Crippen molar-refractivity contribution in [3.63, 3.8) is 0 Å². The summed E-state index contributed by atoms with van der Waals surface area (Å²) in [6.45, 7) is 1.84. The third-order valence-corrected chi connectivity index (χ3v) is 1.21. The van der Waals surface area contributed by atoms with E-state index in [0.29, 0.717) is 5.89 Å². The van der Waals surface area contributed by atoms with Crippen LogP contribution >= 0.6 is 0 Å². The monoisotopic (exact) mass is 135 g/mol. The standard InChI is InChI=1S/C6H5N3O/c1-4-2-5-6(10-9-4)8-3-7-5/h2-3H,1H3. The van der Waals surface area contributed by atoms with Crippen LogP contribution in [0.2, 0.25) is 0 Å². The van der Waals surface area contributed by atoms with Gasteiger partial charge in [-0.1, -0.05) is 5.16 Å². The number of aryl methyl sites for hydroxylation is 1. The van der Waals surface area contributed by atoms with Gasteiger partial charge < -0.3 is 4.52 Å². The lowest BCUT2D eigenvalue weighted by molar-refractivity contribution is 0.395. The predicted octanol–water partition coefficient (Wildman–Crippen LogP) is 0.878. The van der Waals surface area contributed by atoms with Crippen molar-refractivity contribution in [3.8, 4) is 11.6 Å². The van der Waals surface area contributed by atoms with E-state index in [9.17, 15) is 0 Å². The maximum Gasteiger partial charge on any atom is 0.276 e. The van der Waals surface area contributed by atoms with Gasteiger partial charge in [0.1, 0.15) is 12.0 Å². The zero-order valence-corrected chi connectivity index (χ0v) is 5.40. The molecule has 2 aliphatic heterocycles. The summed E-state index contributed by atoms with van der Waals surface area (Å²) in [6, 6.07) is 1.83. The molecule has 0 aromatic heterocycles. The van der Waals surface area contributed by atoms with Crippen LogP contribution in [0.5, 0.6) is 0 Å². The second-order valence-corrected chi connectivity index (χ2v) is 2.03. The van der Waals surface area contributed by atoms with Crippen LogP contribution < -0.4 is 0 Å². The molecule has 0 amide bonds. The topological polar surface area (TPSA) is 51.8 Å². The summed E-state index contributed by atoms with van der Waals surface area (Å²) in [6.07, 6.45) is 1.45. The molecule has 0 N–H and O–H groups in total. The molecule has 2 rings (SSSR count). The van der Waals surface area contributed by atoms with Gasteiger partial charge in [-0.15, -0.1) is 0 Å². The molecule has 0 bridgehead atoms. The number of aromatic nitrogens is 3. The Hall–Kier alpha value is -1.45. The summed E-state index contributed by atoms with van der Waals surface area (Å²) in [7, 11) is 0. The van der Waals surface area contributed by atoms with Crippen molar-refractivity contribution in [2.45, 2.75) is 6.92 Å². The second-order valence-electron chi connectivity index (χ2n) is 2.03. The molecule has 0 fully saturated rings. The first-order chi connectivity index (χ1) is 4.86. The van der Waals surface area contributed by atoms with E-state index in [-0.39, 0.29) is 0 Å². The van der Waals surface area contributed by atoms with E-state index in [2.05, 4.69) is 15.1 Å². The van der Waals surface area contributed by atoms with E-state index in [1.54, 1.807) is 0 Å². The van der Waals surface area contributed by atoms with Crippen molar-refractivity contribution in [1.29, 1.82) is 0 Å². The van der Waals surface area contributed by atoms with Gasteiger partial charge >= 0.3 is 0 Å². The largest absolute Gasteiger partial charge is 0.334 e. The minimum atomic E-state index is 0.491. The Bertz CT molecular complexity index is 317. The first kappa shape index (κ1) is 5.34. The van der Waals surface area contributed by atoms with Crippen LogP contribution in [0.15, 0.2) is 16.9 Å². The highest BCUT2D eigenvalue weighted by Gasteiger charge is 2.07. The molecular weight excluding hydrogens is 130 g/mol. The molecule has 4 heteroatoms. The molecule has 0 unspecified atom stereocenters. The van der Waals surface area contributed by atoms with Crippen LogP contribution in [0, 0.1) is 6.92 Å². The van der Waals surface area contributed by atoms with Crippen LogP contribution in [-0.4, -0.2) is 15.1 Å². The van der Waals surface area contributed by atoms with E-state index >= 15 is 0 Å². The average Bonchev–Trinajstić information content (AvgIpc) is 2.33. The van der Waals surface area contributed by atoms with Crippen molar-refractivity contribution in [2.75, 3.05) is 0 Å². The van der Waals surface area contributed by atoms with E-state index in [1.807, 2.05) is 13.0 Å². The molecule has 0 aliphatic carbocycles. The number of hydrogen-bond acceptors (Lipinski definition) is 4. The first-order valence-electron chi connectivity index (χ1n) is 2.90.